The SMILES string of the molecule is C/C=C/C(Br)C1C=Cc2ccccc21. The molecule has 0 aliphatic heterocycles. The Bertz CT molecular complexity index is 377. The van der Waals surface area contributed by atoms with E-state index in [2.05, 4.69) is 71.4 Å². The van der Waals surface area contributed by atoms with Crippen LogP contribution in [0.4, 0.5) is 0 Å². The second-order valence-corrected chi connectivity index (χ2v) is 4.54. The second-order valence-electron chi connectivity index (χ2n) is 3.48. The molecule has 0 fully saturated rings. The van der Waals surface area contributed by atoms with Crippen molar-refractivity contribution in [1.29, 1.82) is 0 Å². The molecule has 1 aliphatic carbocycles. The number of fused-ring (bicyclic) bond motifs is 1. The van der Waals surface area contributed by atoms with Crippen molar-refractivity contribution in [2.24, 2.45) is 0 Å². The van der Waals surface area contributed by atoms with Gasteiger partial charge >= 0.3 is 0 Å². The third kappa shape index (κ3) is 1.69. The zero-order valence-corrected chi connectivity index (χ0v) is 9.74. The number of rotatable bonds is 2. The maximum absolute atomic E-state index is 3.70. The molecule has 2 rings (SSSR count). The standard InChI is InChI=1S/C13H13Br/c1-2-5-13(14)12-9-8-10-6-3-4-7-11(10)12/h2-9,12-13H,1H3/b5-2+. The highest BCUT2D eigenvalue weighted by atomic mass is 79.9. The van der Waals surface area contributed by atoms with Gasteiger partial charge in [-0.15, -0.1) is 0 Å². The normalized spacial score (nSPS) is 21.4. The fraction of sp³-hybridized carbons (Fsp3) is 0.231. The van der Waals surface area contributed by atoms with Gasteiger partial charge in [0.1, 0.15) is 0 Å². The van der Waals surface area contributed by atoms with Crippen molar-refractivity contribution in [1.82, 2.24) is 0 Å². The van der Waals surface area contributed by atoms with E-state index in [9.17, 15) is 0 Å². The van der Waals surface area contributed by atoms with Gasteiger partial charge < -0.3 is 0 Å². The van der Waals surface area contributed by atoms with E-state index in [-0.39, 0.29) is 0 Å². The van der Waals surface area contributed by atoms with Gasteiger partial charge in [-0.1, -0.05) is 64.5 Å². The fourth-order valence-electron chi connectivity index (χ4n) is 1.86. The van der Waals surface area contributed by atoms with Crippen molar-refractivity contribution < 1.29 is 0 Å². The molecule has 0 spiro atoms. The lowest BCUT2D eigenvalue weighted by atomic mass is 9.97. The van der Waals surface area contributed by atoms with Crippen molar-refractivity contribution in [2.45, 2.75) is 17.7 Å². The molecular weight excluding hydrogens is 236 g/mol. The number of hydrogen-bond acceptors (Lipinski definition) is 0. The quantitative estimate of drug-likeness (QED) is 0.546. The van der Waals surface area contributed by atoms with Crippen molar-refractivity contribution in [3.8, 4) is 0 Å². The van der Waals surface area contributed by atoms with Crippen LogP contribution < -0.4 is 0 Å². The highest BCUT2D eigenvalue weighted by molar-refractivity contribution is 9.09. The van der Waals surface area contributed by atoms with Crippen LogP contribution in [0.25, 0.3) is 6.08 Å². The van der Waals surface area contributed by atoms with Crippen LogP contribution in [0.15, 0.2) is 42.5 Å². The maximum atomic E-state index is 3.70. The topological polar surface area (TPSA) is 0 Å². The maximum Gasteiger partial charge on any atom is 0.0429 e. The summed E-state index contributed by atoms with van der Waals surface area (Å²) >= 11 is 3.70. The summed E-state index contributed by atoms with van der Waals surface area (Å²) in [6.45, 7) is 2.05. The molecule has 1 aliphatic rings. The van der Waals surface area contributed by atoms with E-state index >= 15 is 0 Å². The molecule has 0 aromatic heterocycles. The van der Waals surface area contributed by atoms with Gasteiger partial charge in [0.05, 0.1) is 0 Å². The molecule has 72 valence electrons. The highest BCUT2D eigenvalue weighted by Crippen LogP contribution is 2.35. The first-order chi connectivity index (χ1) is 6.83. The Morgan fingerprint density at radius 1 is 1.36 bits per heavy atom. The van der Waals surface area contributed by atoms with Crippen LogP contribution in [-0.2, 0) is 0 Å². The van der Waals surface area contributed by atoms with Gasteiger partial charge in [-0.25, -0.2) is 0 Å². The predicted molar refractivity (Wildman–Crippen MR) is 65.7 cm³/mol. The third-order valence-electron chi connectivity index (χ3n) is 2.56. The Morgan fingerprint density at radius 2 is 2.14 bits per heavy atom. The zero-order valence-electron chi connectivity index (χ0n) is 8.15. The van der Waals surface area contributed by atoms with Crippen LogP contribution in [-0.4, -0.2) is 4.83 Å². The van der Waals surface area contributed by atoms with Gasteiger partial charge in [-0.05, 0) is 18.1 Å². The van der Waals surface area contributed by atoms with Crippen LogP contribution in [0, 0.1) is 0 Å². The number of hydrogen-bond donors (Lipinski definition) is 0. The van der Waals surface area contributed by atoms with Gasteiger partial charge in [0.15, 0.2) is 0 Å². The molecule has 0 nitrogen and oxygen atoms in total. The molecule has 1 heteroatoms. The minimum Gasteiger partial charge on any atom is -0.0905 e. The predicted octanol–water partition coefficient (Wildman–Crippen LogP) is 4.14. The lowest BCUT2D eigenvalue weighted by molar-refractivity contribution is 0.908. The van der Waals surface area contributed by atoms with Crippen LogP contribution in [0.3, 0.4) is 0 Å². The summed E-state index contributed by atoms with van der Waals surface area (Å²) in [6.07, 6.45) is 8.76. The minimum atomic E-state index is 0.410. The van der Waals surface area contributed by atoms with Crippen LogP contribution in [0.5, 0.6) is 0 Å². The van der Waals surface area contributed by atoms with Gasteiger partial charge in [0.25, 0.3) is 0 Å². The summed E-state index contributed by atoms with van der Waals surface area (Å²) < 4.78 is 0. The fourth-order valence-corrected chi connectivity index (χ4v) is 2.62. The molecule has 2 atom stereocenters. The van der Waals surface area contributed by atoms with E-state index in [1.54, 1.807) is 0 Å². The Balaban J connectivity index is 2.30. The third-order valence-corrected chi connectivity index (χ3v) is 3.43. The smallest absolute Gasteiger partial charge is 0.0429 e. The molecule has 0 saturated carbocycles. The molecular formula is C13H13Br. The van der Waals surface area contributed by atoms with Crippen LogP contribution in [0.1, 0.15) is 24.0 Å². The van der Waals surface area contributed by atoms with E-state index in [0.29, 0.717) is 10.7 Å². The molecule has 0 amide bonds. The van der Waals surface area contributed by atoms with Gasteiger partial charge in [-0.2, -0.15) is 0 Å². The largest absolute Gasteiger partial charge is 0.0905 e. The number of allylic oxidation sites excluding steroid dienone is 3. The number of benzene rings is 1. The van der Waals surface area contributed by atoms with E-state index in [4.69, 9.17) is 0 Å². The first kappa shape index (κ1) is 9.72. The van der Waals surface area contributed by atoms with Crippen molar-refractivity contribution in [3.63, 3.8) is 0 Å². The van der Waals surface area contributed by atoms with E-state index in [0.717, 1.165) is 0 Å². The van der Waals surface area contributed by atoms with E-state index < -0.39 is 0 Å². The molecule has 14 heavy (non-hydrogen) atoms. The van der Waals surface area contributed by atoms with Gasteiger partial charge in [0.2, 0.25) is 0 Å². The molecule has 1 aromatic carbocycles. The molecule has 1 aromatic rings. The first-order valence-electron chi connectivity index (χ1n) is 4.87. The number of halogens is 1. The molecule has 2 unspecified atom stereocenters. The number of alkyl halides is 1. The average molecular weight is 249 g/mol. The summed E-state index contributed by atoms with van der Waals surface area (Å²) in [4.78, 5) is 0.410. The van der Waals surface area contributed by atoms with Gasteiger partial charge in [-0.3, -0.25) is 0 Å². The second kappa shape index (κ2) is 4.14. The van der Waals surface area contributed by atoms with E-state index in [1.807, 2.05) is 0 Å². The zero-order chi connectivity index (χ0) is 9.97. The molecule has 0 N–H and O–H groups in total. The summed E-state index contributed by atoms with van der Waals surface area (Å²) in [7, 11) is 0. The lowest BCUT2D eigenvalue weighted by Gasteiger charge is -2.14. The summed E-state index contributed by atoms with van der Waals surface area (Å²) in [6, 6.07) is 8.57. The van der Waals surface area contributed by atoms with Crippen molar-refractivity contribution >= 4 is 22.0 Å². The Morgan fingerprint density at radius 3 is 2.93 bits per heavy atom. The van der Waals surface area contributed by atoms with Crippen molar-refractivity contribution in [2.75, 3.05) is 0 Å². The van der Waals surface area contributed by atoms with E-state index in [1.165, 1.54) is 11.1 Å². The van der Waals surface area contributed by atoms with Crippen LogP contribution >= 0.6 is 15.9 Å². The van der Waals surface area contributed by atoms with Crippen LogP contribution in [0.2, 0.25) is 0 Å². The monoisotopic (exact) mass is 248 g/mol. The highest BCUT2D eigenvalue weighted by Gasteiger charge is 2.21. The van der Waals surface area contributed by atoms with Gasteiger partial charge in [0, 0.05) is 10.7 Å². The lowest BCUT2D eigenvalue weighted by Crippen LogP contribution is -2.05. The van der Waals surface area contributed by atoms with Crippen molar-refractivity contribution in [3.05, 3.63) is 53.6 Å². The molecule has 0 heterocycles. The summed E-state index contributed by atoms with van der Waals surface area (Å²) in [5.41, 5.74) is 2.78. The average Bonchev–Trinajstić information content (AvgIpc) is 2.61. The molecule has 0 radical (unpaired) electrons. The molecule has 0 saturated heterocycles. The Labute approximate surface area is 93.5 Å². The first-order valence-corrected chi connectivity index (χ1v) is 5.78. The summed E-state index contributed by atoms with van der Waals surface area (Å²) in [5, 5.41) is 0. The Hall–Kier alpha value is -0.820. The summed E-state index contributed by atoms with van der Waals surface area (Å²) in [5.74, 6) is 0.488. The minimum absolute atomic E-state index is 0.410. The molecule has 0 bridgehead atoms. The Kier molecular flexibility index (Phi) is 2.87.